The molecular formula is C21H18Cl2N2O4. The number of halogens is 2. The van der Waals surface area contributed by atoms with Crippen molar-refractivity contribution in [3.05, 3.63) is 70.2 Å². The first-order valence-corrected chi connectivity index (χ1v) is 9.59. The number of aryl methyl sites for hydroxylation is 2. The molecule has 1 amide bonds. The highest BCUT2D eigenvalue weighted by atomic mass is 35.5. The van der Waals surface area contributed by atoms with Crippen molar-refractivity contribution in [3.8, 4) is 11.3 Å². The van der Waals surface area contributed by atoms with Gasteiger partial charge in [0.05, 0.1) is 28.4 Å². The van der Waals surface area contributed by atoms with E-state index >= 15 is 0 Å². The van der Waals surface area contributed by atoms with Crippen LogP contribution in [0, 0.1) is 6.92 Å². The van der Waals surface area contributed by atoms with Crippen LogP contribution >= 0.6 is 23.2 Å². The van der Waals surface area contributed by atoms with E-state index in [-0.39, 0.29) is 18.5 Å². The van der Waals surface area contributed by atoms with Crippen LogP contribution in [0.4, 0.5) is 5.69 Å². The van der Waals surface area contributed by atoms with Crippen molar-refractivity contribution in [3.63, 3.8) is 0 Å². The van der Waals surface area contributed by atoms with Gasteiger partial charge in [0.25, 0.3) is 5.91 Å². The number of ether oxygens (including phenoxy) is 1. The number of hydrogen-bond acceptors (Lipinski definition) is 5. The van der Waals surface area contributed by atoms with Crippen molar-refractivity contribution in [2.75, 3.05) is 11.9 Å². The van der Waals surface area contributed by atoms with Gasteiger partial charge in [-0.2, -0.15) is 0 Å². The van der Waals surface area contributed by atoms with Crippen LogP contribution < -0.4 is 5.32 Å². The van der Waals surface area contributed by atoms with Gasteiger partial charge in [-0.1, -0.05) is 59.1 Å². The summed E-state index contributed by atoms with van der Waals surface area (Å²) in [6.45, 7) is 1.56. The zero-order chi connectivity index (χ0) is 20.8. The minimum absolute atomic E-state index is 0.0357. The summed E-state index contributed by atoms with van der Waals surface area (Å²) in [6.07, 6.45) is 1.92. The molecule has 150 valence electrons. The van der Waals surface area contributed by atoms with E-state index in [0.29, 0.717) is 21.7 Å². The number of oxazole rings is 1. The lowest BCUT2D eigenvalue weighted by Gasteiger charge is -2.09. The average molecular weight is 433 g/mol. The lowest BCUT2D eigenvalue weighted by Crippen LogP contribution is -2.21. The first-order chi connectivity index (χ1) is 13.9. The third kappa shape index (κ3) is 5.82. The number of rotatable bonds is 7. The van der Waals surface area contributed by atoms with Crippen LogP contribution in [0.15, 0.2) is 53.1 Å². The van der Waals surface area contributed by atoms with Crippen LogP contribution in [0.5, 0.6) is 0 Å². The molecule has 8 heteroatoms. The summed E-state index contributed by atoms with van der Waals surface area (Å²) in [6, 6.07) is 12.7. The maximum absolute atomic E-state index is 11.9. The van der Waals surface area contributed by atoms with Crippen LogP contribution in [0.25, 0.3) is 11.3 Å². The Morgan fingerprint density at radius 1 is 1.10 bits per heavy atom. The molecule has 0 aliphatic carbocycles. The Balaban J connectivity index is 1.45. The molecule has 1 N–H and O–H groups in total. The number of esters is 1. The molecule has 0 radical (unpaired) electrons. The van der Waals surface area contributed by atoms with E-state index in [2.05, 4.69) is 10.3 Å². The molecule has 1 aromatic heterocycles. The summed E-state index contributed by atoms with van der Waals surface area (Å²) in [4.78, 5) is 28.0. The number of benzene rings is 2. The Labute approximate surface area is 177 Å². The van der Waals surface area contributed by atoms with Crippen LogP contribution in [-0.2, 0) is 20.7 Å². The molecule has 1 heterocycles. The van der Waals surface area contributed by atoms with Gasteiger partial charge in [0, 0.05) is 12.0 Å². The third-order valence-electron chi connectivity index (χ3n) is 4.02. The van der Waals surface area contributed by atoms with Gasteiger partial charge in [-0.25, -0.2) is 4.98 Å². The normalized spacial score (nSPS) is 10.6. The van der Waals surface area contributed by atoms with Crippen molar-refractivity contribution < 1.29 is 18.7 Å². The molecule has 0 spiro atoms. The fourth-order valence-electron chi connectivity index (χ4n) is 2.50. The number of nitrogens with one attached hydrogen (secondary N) is 1. The molecule has 29 heavy (non-hydrogen) atoms. The second-order valence-corrected chi connectivity index (χ2v) is 7.10. The predicted molar refractivity (Wildman–Crippen MR) is 111 cm³/mol. The molecule has 3 aromatic rings. The van der Waals surface area contributed by atoms with Crippen LogP contribution in [0.2, 0.25) is 10.0 Å². The Kier molecular flexibility index (Phi) is 6.90. The summed E-state index contributed by atoms with van der Waals surface area (Å²) in [5.74, 6) is -0.0270. The molecule has 0 aliphatic rings. The van der Waals surface area contributed by atoms with Gasteiger partial charge in [-0.05, 0) is 19.1 Å². The first kappa shape index (κ1) is 20.9. The standard InChI is InChI=1S/C21H18Cl2N2O4/c1-13-5-7-14(8-6-13)17-11-24-19(29-17)9-10-20(27)28-12-18(26)25-21-15(22)3-2-4-16(21)23/h2-8,11H,9-10,12H2,1H3,(H,25,26). The van der Waals surface area contributed by atoms with E-state index in [4.69, 9.17) is 32.4 Å². The minimum atomic E-state index is -0.541. The molecule has 0 saturated carbocycles. The fraction of sp³-hybridized carbons (Fsp3) is 0.190. The molecule has 2 aromatic carbocycles. The molecule has 0 bridgehead atoms. The second-order valence-electron chi connectivity index (χ2n) is 6.29. The van der Waals surface area contributed by atoms with Gasteiger partial charge in [0.1, 0.15) is 0 Å². The topological polar surface area (TPSA) is 81.4 Å². The number of hydrogen-bond donors (Lipinski definition) is 1. The summed E-state index contributed by atoms with van der Waals surface area (Å²) in [5, 5.41) is 3.12. The van der Waals surface area contributed by atoms with E-state index in [1.165, 1.54) is 0 Å². The number of nitrogens with zero attached hydrogens (tertiary/aromatic N) is 1. The summed E-state index contributed by atoms with van der Waals surface area (Å²) >= 11 is 12.0. The highest BCUT2D eigenvalue weighted by molar-refractivity contribution is 6.39. The highest BCUT2D eigenvalue weighted by Gasteiger charge is 2.13. The van der Waals surface area contributed by atoms with E-state index in [9.17, 15) is 9.59 Å². The van der Waals surface area contributed by atoms with Crippen LogP contribution in [-0.4, -0.2) is 23.5 Å². The first-order valence-electron chi connectivity index (χ1n) is 8.83. The van der Waals surface area contributed by atoms with Gasteiger partial charge in [-0.15, -0.1) is 0 Å². The zero-order valence-corrected chi connectivity index (χ0v) is 17.1. The fourth-order valence-corrected chi connectivity index (χ4v) is 2.99. The van der Waals surface area contributed by atoms with Crippen molar-refractivity contribution in [2.45, 2.75) is 19.8 Å². The van der Waals surface area contributed by atoms with Crippen LogP contribution in [0.1, 0.15) is 17.9 Å². The number of carbonyl (C=O) groups excluding carboxylic acids is 2. The highest BCUT2D eigenvalue weighted by Crippen LogP contribution is 2.29. The number of para-hydroxylation sites is 1. The number of carbonyl (C=O) groups is 2. The number of aromatic nitrogens is 1. The van der Waals surface area contributed by atoms with Crippen molar-refractivity contribution >= 4 is 40.8 Å². The molecule has 0 saturated heterocycles. The van der Waals surface area contributed by atoms with Gasteiger partial charge < -0.3 is 14.5 Å². The quantitative estimate of drug-likeness (QED) is 0.526. The average Bonchev–Trinajstić information content (AvgIpc) is 3.17. The minimum Gasteiger partial charge on any atom is -0.456 e. The van der Waals surface area contributed by atoms with Gasteiger partial charge in [0.15, 0.2) is 18.3 Å². The SMILES string of the molecule is Cc1ccc(-c2cnc(CCC(=O)OCC(=O)Nc3c(Cl)cccc3Cl)o2)cc1. The second kappa shape index (κ2) is 9.58. The molecule has 0 aliphatic heterocycles. The van der Waals surface area contributed by atoms with E-state index < -0.39 is 18.5 Å². The van der Waals surface area contributed by atoms with Crippen molar-refractivity contribution in [1.82, 2.24) is 4.98 Å². The predicted octanol–water partition coefficient (Wildman–Crippen LogP) is 5.07. The van der Waals surface area contributed by atoms with Crippen molar-refractivity contribution in [1.29, 1.82) is 0 Å². The molecular weight excluding hydrogens is 415 g/mol. The van der Waals surface area contributed by atoms with Crippen molar-refractivity contribution in [2.24, 2.45) is 0 Å². The lowest BCUT2D eigenvalue weighted by atomic mass is 10.1. The number of anilines is 1. The van der Waals surface area contributed by atoms with Gasteiger partial charge in [0.2, 0.25) is 0 Å². The largest absolute Gasteiger partial charge is 0.456 e. The summed E-state index contributed by atoms with van der Waals surface area (Å²) < 4.78 is 10.6. The Morgan fingerprint density at radius 3 is 2.48 bits per heavy atom. The van der Waals surface area contributed by atoms with Gasteiger partial charge >= 0.3 is 5.97 Å². The molecule has 6 nitrogen and oxygen atoms in total. The summed E-state index contributed by atoms with van der Waals surface area (Å²) in [5.41, 5.74) is 2.34. The number of amides is 1. The Morgan fingerprint density at radius 2 is 1.79 bits per heavy atom. The molecule has 0 atom stereocenters. The third-order valence-corrected chi connectivity index (χ3v) is 4.65. The smallest absolute Gasteiger partial charge is 0.306 e. The Hall–Kier alpha value is -2.83. The maximum Gasteiger partial charge on any atom is 0.306 e. The zero-order valence-electron chi connectivity index (χ0n) is 15.6. The van der Waals surface area contributed by atoms with E-state index in [1.54, 1.807) is 24.4 Å². The van der Waals surface area contributed by atoms with Crippen LogP contribution in [0.3, 0.4) is 0 Å². The molecule has 3 rings (SSSR count). The maximum atomic E-state index is 11.9. The lowest BCUT2D eigenvalue weighted by molar-refractivity contribution is -0.147. The van der Waals surface area contributed by atoms with Gasteiger partial charge in [-0.3, -0.25) is 9.59 Å². The molecule has 0 fully saturated rings. The Bertz CT molecular complexity index is 996. The van der Waals surface area contributed by atoms with E-state index in [0.717, 1.165) is 11.1 Å². The molecule has 0 unspecified atom stereocenters. The van der Waals surface area contributed by atoms with E-state index in [1.807, 2.05) is 31.2 Å². The monoisotopic (exact) mass is 432 g/mol. The summed E-state index contributed by atoms with van der Waals surface area (Å²) in [7, 11) is 0.